The quantitative estimate of drug-likeness (QED) is 0.738. The Morgan fingerprint density at radius 1 is 1.33 bits per heavy atom. The highest BCUT2D eigenvalue weighted by atomic mass is 35.5. The van der Waals surface area contributed by atoms with Crippen LogP contribution >= 0.6 is 34.5 Å². The van der Waals surface area contributed by atoms with Gasteiger partial charge in [-0.05, 0) is 37.3 Å². The van der Waals surface area contributed by atoms with Crippen LogP contribution in [0, 0.1) is 5.41 Å². The Bertz CT molecular complexity index is 396. The topological polar surface area (TPSA) is 12.0 Å². The molecule has 0 spiro atoms. The number of thiophene rings is 1. The van der Waals surface area contributed by atoms with Gasteiger partial charge < -0.3 is 5.32 Å². The number of nitrogens with one attached hydrogen (secondary N) is 1. The molecule has 1 saturated carbocycles. The van der Waals surface area contributed by atoms with E-state index in [1.807, 2.05) is 0 Å². The molecule has 1 aromatic heterocycles. The van der Waals surface area contributed by atoms with E-state index in [1.165, 1.54) is 49.0 Å². The first-order chi connectivity index (χ1) is 8.63. The number of hydrogen-bond donors (Lipinski definition) is 1. The van der Waals surface area contributed by atoms with E-state index < -0.39 is 0 Å². The van der Waals surface area contributed by atoms with Crippen LogP contribution in [-0.4, -0.2) is 6.54 Å². The average molecular weight is 306 g/mol. The molecule has 1 fully saturated rings. The van der Waals surface area contributed by atoms with Gasteiger partial charge in [-0.25, -0.2) is 0 Å². The van der Waals surface area contributed by atoms with Gasteiger partial charge in [0, 0.05) is 11.6 Å². The van der Waals surface area contributed by atoms with Crippen LogP contribution in [0.2, 0.25) is 8.67 Å². The van der Waals surface area contributed by atoms with E-state index in [-0.39, 0.29) is 0 Å². The second-order valence-electron chi connectivity index (χ2n) is 5.19. The van der Waals surface area contributed by atoms with E-state index in [0.717, 1.165) is 15.2 Å². The molecular weight excluding hydrogens is 285 g/mol. The number of rotatable bonds is 5. The maximum Gasteiger partial charge on any atom is 0.0992 e. The van der Waals surface area contributed by atoms with Gasteiger partial charge in [-0.3, -0.25) is 0 Å². The van der Waals surface area contributed by atoms with Gasteiger partial charge in [-0.1, -0.05) is 49.9 Å². The molecule has 4 heteroatoms. The molecular formula is C14H21Cl2NS. The van der Waals surface area contributed by atoms with Crippen LogP contribution in [0.1, 0.15) is 57.6 Å². The van der Waals surface area contributed by atoms with Gasteiger partial charge in [-0.15, -0.1) is 11.3 Å². The molecule has 1 N–H and O–H groups in total. The molecule has 1 aliphatic carbocycles. The van der Waals surface area contributed by atoms with Gasteiger partial charge in [0.1, 0.15) is 0 Å². The normalized spacial score (nSPS) is 20.2. The lowest BCUT2D eigenvalue weighted by Gasteiger charge is -2.37. The van der Waals surface area contributed by atoms with E-state index >= 15 is 0 Å². The number of halogens is 2. The monoisotopic (exact) mass is 305 g/mol. The molecule has 18 heavy (non-hydrogen) atoms. The van der Waals surface area contributed by atoms with E-state index in [4.69, 9.17) is 23.2 Å². The minimum atomic E-state index is 0.353. The maximum atomic E-state index is 6.37. The van der Waals surface area contributed by atoms with Crippen molar-refractivity contribution in [2.24, 2.45) is 5.41 Å². The van der Waals surface area contributed by atoms with Crippen molar-refractivity contribution in [3.63, 3.8) is 0 Å². The van der Waals surface area contributed by atoms with Gasteiger partial charge in [0.25, 0.3) is 0 Å². The highest BCUT2D eigenvalue weighted by Crippen LogP contribution is 2.52. The Balaban J connectivity index is 2.35. The molecule has 2 rings (SSSR count). The minimum absolute atomic E-state index is 0.353. The summed E-state index contributed by atoms with van der Waals surface area (Å²) in [5.41, 5.74) is 1.57. The SMILES string of the molecule is CCNC(c1cc(Cl)sc1Cl)C1(CC)CCCC1. The van der Waals surface area contributed by atoms with E-state index in [1.54, 1.807) is 0 Å². The summed E-state index contributed by atoms with van der Waals surface area (Å²) in [4.78, 5) is 0. The third-order valence-corrected chi connectivity index (χ3v) is 5.84. The van der Waals surface area contributed by atoms with Gasteiger partial charge in [0.05, 0.1) is 8.67 Å². The van der Waals surface area contributed by atoms with Crippen LogP contribution in [0.15, 0.2) is 6.07 Å². The van der Waals surface area contributed by atoms with Crippen molar-refractivity contribution in [2.75, 3.05) is 6.54 Å². The van der Waals surface area contributed by atoms with Crippen LogP contribution < -0.4 is 5.32 Å². The molecule has 102 valence electrons. The fourth-order valence-electron chi connectivity index (χ4n) is 3.34. The summed E-state index contributed by atoms with van der Waals surface area (Å²) in [6, 6.07) is 2.41. The third kappa shape index (κ3) is 2.72. The first kappa shape index (κ1) is 14.6. The van der Waals surface area contributed by atoms with Crippen molar-refractivity contribution in [3.05, 3.63) is 20.3 Å². The van der Waals surface area contributed by atoms with Gasteiger partial charge in [-0.2, -0.15) is 0 Å². The Morgan fingerprint density at radius 2 is 2.00 bits per heavy atom. The fourth-order valence-corrected chi connectivity index (χ4v) is 4.87. The van der Waals surface area contributed by atoms with E-state index in [0.29, 0.717) is 11.5 Å². The molecule has 1 aliphatic rings. The Morgan fingerprint density at radius 3 is 2.44 bits per heavy atom. The van der Waals surface area contributed by atoms with Gasteiger partial charge in [0.2, 0.25) is 0 Å². The first-order valence-corrected chi connectivity index (χ1v) is 8.38. The standard InChI is InChI=1S/C14H21Cl2NS/c1-3-14(7-5-6-8-14)12(17-4-2)10-9-11(15)18-13(10)16/h9,12,17H,3-8H2,1-2H3. The average Bonchev–Trinajstić information content (AvgIpc) is 2.94. The molecule has 0 bridgehead atoms. The van der Waals surface area contributed by atoms with Gasteiger partial charge >= 0.3 is 0 Å². The second-order valence-corrected chi connectivity index (χ2v) is 7.48. The Kier molecular flexibility index (Phi) is 4.99. The second kappa shape index (κ2) is 6.13. The zero-order valence-electron chi connectivity index (χ0n) is 11.1. The summed E-state index contributed by atoms with van der Waals surface area (Å²) in [5, 5.41) is 3.65. The Labute approximate surface area is 124 Å². The lowest BCUT2D eigenvalue weighted by molar-refractivity contribution is 0.189. The predicted molar refractivity (Wildman–Crippen MR) is 81.9 cm³/mol. The molecule has 1 aromatic rings. The third-order valence-electron chi connectivity index (χ3n) is 4.32. The van der Waals surface area contributed by atoms with E-state index in [2.05, 4.69) is 25.2 Å². The lowest BCUT2D eigenvalue weighted by atomic mass is 9.74. The zero-order chi connectivity index (χ0) is 13.2. The summed E-state index contributed by atoms with van der Waals surface area (Å²) in [7, 11) is 0. The predicted octanol–water partition coefficient (Wildman–Crippen LogP) is 5.68. The highest BCUT2D eigenvalue weighted by molar-refractivity contribution is 7.20. The summed E-state index contributed by atoms with van der Waals surface area (Å²) in [6.07, 6.45) is 6.47. The van der Waals surface area contributed by atoms with Gasteiger partial charge in [0.15, 0.2) is 0 Å². The maximum absolute atomic E-state index is 6.37. The van der Waals surface area contributed by atoms with Crippen molar-refractivity contribution in [1.82, 2.24) is 5.32 Å². The highest BCUT2D eigenvalue weighted by Gasteiger charge is 2.41. The minimum Gasteiger partial charge on any atom is -0.310 e. The number of hydrogen-bond acceptors (Lipinski definition) is 2. The zero-order valence-corrected chi connectivity index (χ0v) is 13.4. The Hall–Kier alpha value is 0.240. The summed E-state index contributed by atoms with van der Waals surface area (Å²) in [6.45, 7) is 5.43. The molecule has 0 aliphatic heterocycles. The molecule has 0 aromatic carbocycles. The van der Waals surface area contributed by atoms with Crippen LogP contribution in [-0.2, 0) is 0 Å². The van der Waals surface area contributed by atoms with Crippen molar-refractivity contribution < 1.29 is 0 Å². The van der Waals surface area contributed by atoms with Crippen LogP contribution in [0.25, 0.3) is 0 Å². The van der Waals surface area contributed by atoms with Crippen molar-refractivity contribution in [3.8, 4) is 0 Å². The molecule has 0 amide bonds. The molecule has 1 heterocycles. The summed E-state index contributed by atoms with van der Waals surface area (Å²) in [5.74, 6) is 0. The molecule has 0 radical (unpaired) electrons. The van der Waals surface area contributed by atoms with E-state index in [9.17, 15) is 0 Å². The fraction of sp³-hybridized carbons (Fsp3) is 0.714. The summed E-state index contributed by atoms with van der Waals surface area (Å²) < 4.78 is 1.65. The molecule has 0 saturated heterocycles. The molecule has 1 atom stereocenters. The lowest BCUT2D eigenvalue weighted by Crippen LogP contribution is -2.36. The molecule has 1 nitrogen and oxygen atoms in total. The van der Waals surface area contributed by atoms with Crippen molar-refractivity contribution in [1.29, 1.82) is 0 Å². The van der Waals surface area contributed by atoms with Crippen LogP contribution in [0.5, 0.6) is 0 Å². The first-order valence-electron chi connectivity index (χ1n) is 6.81. The smallest absolute Gasteiger partial charge is 0.0992 e. The van der Waals surface area contributed by atoms with Crippen molar-refractivity contribution in [2.45, 2.75) is 52.0 Å². The van der Waals surface area contributed by atoms with Crippen LogP contribution in [0.3, 0.4) is 0 Å². The molecule has 1 unspecified atom stereocenters. The van der Waals surface area contributed by atoms with Crippen molar-refractivity contribution >= 4 is 34.5 Å². The van der Waals surface area contributed by atoms with Crippen LogP contribution in [0.4, 0.5) is 0 Å². The summed E-state index contributed by atoms with van der Waals surface area (Å²) >= 11 is 14.0. The largest absolute Gasteiger partial charge is 0.310 e.